The number of nitriles is 1. The highest BCUT2D eigenvalue weighted by molar-refractivity contribution is 7.87. The van der Waals surface area contributed by atoms with Gasteiger partial charge in [-0.1, -0.05) is 0 Å². The van der Waals surface area contributed by atoms with Crippen molar-refractivity contribution in [2.24, 2.45) is 0 Å². The fourth-order valence-electron chi connectivity index (χ4n) is 3.11. The van der Waals surface area contributed by atoms with Crippen molar-refractivity contribution in [3.8, 4) is 17.6 Å². The number of aromatic nitrogens is 1. The largest absolute Gasteiger partial charge is 0.493 e. The van der Waals surface area contributed by atoms with E-state index in [0.29, 0.717) is 50.9 Å². The SMILES string of the molecule is COc1cc2ncc(C#N)c(NCCCNS(=O)(=O)N(C(=O)O)C(C)(C)C)c2cc1OC. The molecule has 1 aromatic heterocycles. The van der Waals surface area contributed by atoms with Crippen LogP contribution in [-0.4, -0.2) is 61.8 Å². The number of pyridine rings is 1. The molecule has 0 saturated carbocycles. The van der Waals surface area contributed by atoms with Crippen molar-refractivity contribution in [3.05, 3.63) is 23.9 Å². The molecule has 0 saturated heterocycles. The Morgan fingerprint density at radius 1 is 1.22 bits per heavy atom. The molecule has 0 radical (unpaired) electrons. The Bertz CT molecular complexity index is 1140. The van der Waals surface area contributed by atoms with E-state index in [9.17, 15) is 23.6 Å². The Labute approximate surface area is 187 Å². The van der Waals surface area contributed by atoms with Gasteiger partial charge in [-0.15, -0.1) is 0 Å². The highest BCUT2D eigenvalue weighted by Gasteiger charge is 2.36. The number of carbonyl (C=O) groups is 1. The zero-order chi connectivity index (χ0) is 24.1. The number of hydrogen-bond acceptors (Lipinski definition) is 8. The number of nitrogens with zero attached hydrogens (tertiary/aromatic N) is 3. The smallest absolute Gasteiger partial charge is 0.422 e. The van der Waals surface area contributed by atoms with E-state index < -0.39 is 21.8 Å². The second-order valence-electron chi connectivity index (χ2n) is 7.78. The zero-order valence-corrected chi connectivity index (χ0v) is 19.4. The highest BCUT2D eigenvalue weighted by Crippen LogP contribution is 2.35. The monoisotopic (exact) mass is 465 g/mol. The number of fused-ring (bicyclic) bond motifs is 1. The van der Waals surface area contributed by atoms with Gasteiger partial charge in [0, 0.05) is 30.7 Å². The summed E-state index contributed by atoms with van der Waals surface area (Å²) in [6, 6.07) is 5.49. The van der Waals surface area contributed by atoms with Crippen LogP contribution in [0.25, 0.3) is 10.9 Å². The van der Waals surface area contributed by atoms with E-state index in [1.165, 1.54) is 41.2 Å². The van der Waals surface area contributed by atoms with Crippen molar-refractivity contribution >= 4 is 32.9 Å². The second kappa shape index (κ2) is 9.88. The summed E-state index contributed by atoms with van der Waals surface area (Å²) in [4.78, 5) is 15.7. The van der Waals surface area contributed by atoms with Crippen LogP contribution in [0.2, 0.25) is 0 Å². The molecule has 2 rings (SSSR count). The van der Waals surface area contributed by atoms with E-state index in [-0.39, 0.29) is 6.54 Å². The Morgan fingerprint density at radius 3 is 2.38 bits per heavy atom. The van der Waals surface area contributed by atoms with E-state index >= 15 is 0 Å². The van der Waals surface area contributed by atoms with Gasteiger partial charge in [0.15, 0.2) is 11.5 Å². The molecule has 3 N–H and O–H groups in total. The van der Waals surface area contributed by atoms with E-state index in [1.807, 2.05) is 0 Å². The minimum atomic E-state index is -4.23. The molecule has 174 valence electrons. The molecule has 0 aliphatic heterocycles. The quantitative estimate of drug-likeness (QED) is 0.474. The van der Waals surface area contributed by atoms with E-state index in [0.717, 1.165) is 0 Å². The van der Waals surface area contributed by atoms with Gasteiger partial charge < -0.3 is 19.9 Å². The molecule has 11 nitrogen and oxygen atoms in total. The van der Waals surface area contributed by atoms with E-state index in [4.69, 9.17) is 9.47 Å². The van der Waals surface area contributed by atoms with Crippen molar-refractivity contribution in [2.45, 2.75) is 32.7 Å². The first-order valence-corrected chi connectivity index (χ1v) is 11.1. The van der Waals surface area contributed by atoms with Gasteiger partial charge >= 0.3 is 16.3 Å². The van der Waals surface area contributed by atoms with Gasteiger partial charge in [-0.05, 0) is 33.3 Å². The standard InChI is InChI=1S/C20H27N5O6S/c1-20(2,3)25(19(26)27)32(28,29)24-8-6-7-22-18-13(11-21)12-23-15-10-17(31-5)16(30-4)9-14(15)18/h9-10,12,24H,6-8H2,1-5H3,(H,22,23)(H,26,27). The second-order valence-corrected chi connectivity index (χ2v) is 9.38. The molecule has 12 heteroatoms. The van der Waals surface area contributed by atoms with Crippen molar-refractivity contribution in [1.29, 1.82) is 5.26 Å². The molecule has 0 unspecified atom stereocenters. The Kier molecular flexibility index (Phi) is 7.71. The van der Waals surface area contributed by atoms with Crippen LogP contribution in [0, 0.1) is 11.3 Å². The lowest BCUT2D eigenvalue weighted by atomic mass is 10.1. The number of anilines is 1. The third-order valence-corrected chi connectivity index (χ3v) is 6.21. The molecule has 2 aromatic rings. The normalized spacial score (nSPS) is 11.6. The van der Waals surface area contributed by atoms with Crippen molar-refractivity contribution in [1.82, 2.24) is 14.0 Å². The Balaban J connectivity index is 2.15. The lowest BCUT2D eigenvalue weighted by Gasteiger charge is -2.31. The van der Waals surface area contributed by atoms with Crippen LogP contribution < -0.4 is 19.5 Å². The minimum Gasteiger partial charge on any atom is -0.493 e. The molecule has 0 aliphatic rings. The number of ether oxygens (including phenoxy) is 2. The van der Waals surface area contributed by atoms with Crippen LogP contribution in [0.15, 0.2) is 18.3 Å². The number of nitrogens with one attached hydrogen (secondary N) is 2. The van der Waals surface area contributed by atoms with Crippen molar-refractivity contribution < 1.29 is 27.8 Å². The number of amides is 1. The third kappa shape index (κ3) is 5.49. The van der Waals surface area contributed by atoms with E-state index in [1.54, 1.807) is 12.1 Å². The van der Waals surface area contributed by atoms with Gasteiger partial charge in [-0.3, -0.25) is 4.98 Å². The summed E-state index contributed by atoms with van der Waals surface area (Å²) in [5.41, 5.74) is 0.304. The predicted octanol–water partition coefficient (Wildman–Crippen LogP) is 2.54. The number of hydrogen-bond donors (Lipinski definition) is 3. The molecule has 1 aromatic carbocycles. The van der Waals surface area contributed by atoms with Crippen LogP contribution in [0.5, 0.6) is 11.5 Å². The van der Waals surface area contributed by atoms with Crippen LogP contribution >= 0.6 is 0 Å². The first kappa shape index (κ1) is 25.0. The fraction of sp³-hybridized carbons (Fsp3) is 0.450. The number of methoxy groups -OCH3 is 2. The van der Waals surface area contributed by atoms with Gasteiger partial charge in [0.2, 0.25) is 0 Å². The summed E-state index contributed by atoms with van der Waals surface area (Å²) >= 11 is 0. The minimum absolute atomic E-state index is 0.00274. The van der Waals surface area contributed by atoms with Crippen LogP contribution in [0.3, 0.4) is 0 Å². The number of rotatable bonds is 9. The molecule has 0 fully saturated rings. The number of carboxylic acid groups (broad SMARTS) is 1. The summed E-state index contributed by atoms with van der Waals surface area (Å²) in [6.45, 7) is 4.78. The Morgan fingerprint density at radius 2 is 1.84 bits per heavy atom. The molecule has 1 amide bonds. The molecule has 0 spiro atoms. The van der Waals surface area contributed by atoms with Gasteiger partial charge in [0.25, 0.3) is 0 Å². The maximum atomic E-state index is 12.4. The van der Waals surface area contributed by atoms with Gasteiger partial charge in [0.05, 0.1) is 36.5 Å². The summed E-state index contributed by atoms with van der Waals surface area (Å²) < 4.78 is 38.1. The molecule has 0 atom stereocenters. The van der Waals surface area contributed by atoms with E-state index in [2.05, 4.69) is 21.1 Å². The summed E-state index contributed by atoms with van der Waals surface area (Å²) in [6.07, 6.45) is 0.209. The van der Waals surface area contributed by atoms with Crippen molar-refractivity contribution in [2.75, 3.05) is 32.6 Å². The van der Waals surface area contributed by atoms with Crippen LogP contribution in [0.4, 0.5) is 10.5 Å². The Hall–Kier alpha value is -3.30. The number of benzene rings is 1. The average Bonchev–Trinajstić information content (AvgIpc) is 2.70. The molecule has 32 heavy (non-hydrogen) atoms. The van der Waals surface area contributed by atoms with Gasteiger partial charge in [0.1, 0.15) is 6.07 Å². The van der Waals surface area contributed by atoms with Crippen LogP contribution in [0.1, 0.15) is 32.8 Å². The zero-order valence-electron chi connectivity index (χ0n) is 18.6. The average molecular weight is 466 g/mol. The maximum absolute atomic E-state index is 12.4. The van der Waals surface area contributed by atoms with Gasteiger partial charge in [-0.25, -0.2) is 4.79 Å². The lowest BCUT2D eigenvalue weighted by Crippen LogP contribution is -2.53. The van der Waals surface area contributed by atoms with Crippen LogP contribution in [-0.2, 0) is 10.2 Å². The third-order valence-electron chi connectivity index (χ3n) is 4.46. The molecular weight excluding hydrogens is 438 g/mol. The fourth-order valence-corrected chi connectivity index (χ4v) is 4.57. The first-order chi connectivity index (χ1) is 15.0. The highest BCUT2D eigenvalue weighted by atomic mass is 32.2. The molecular formula is C20H27N5O6S. The van der Waals surface area contributed by atoms with Gasteiger partial charge in [-0.2, -0.15) is 22.7 Å². The molecule has 0 bridgehead atoms. The molecule has 0 aliphatic carbocycles. The summed E-state index contributed by atoms with van der Waals surface area (Å²) in [7, 11) is -1.21. The summed E-state index contributed by atoms with van der Waals surface area (Å²) in [5.74, 6) is 0.975. The van der Waals surface area contributed by atoms with Crippen molar-refractivity contribution in [3.63, 3.8) is 0 Å². The topological polar surface area (TPSA) is 154 Å². The summed E-state index contributed by atoms with van der Waals surface area (Å²) in [5, 5.41) is 22.5. The lowest BCUT2D eigenvalue weighted by molar-refractivity contribution is 0.145. The predicted molar refractivity (Wildman–Crippen MR) is 119 cm³/mol. The first-order valence-electron chi connectivity index (χ1n) is 9.68. The molecule has 1 heterocycles. The maximum Gasteiger partial charge on any atom is 0.422 e.